The van der Waals surface area contributed by atoms with E-state index in [9.17, 15) is 10.2 Å². The standard InChI is InChI=1S/C38H62O2S/c1-9-10-11-12-13-14-15-16-17-18-24-41-25-23-38(8,32-21-19-30(28-39)34(26-32)36(2,3)4)33-22-20-31(29-40)35(27-33)37(5,6)7/h19-22,26-27,39-40H,9-18,23-25,28-29H2,1-8H3. The molecule has 0 bridgehead atoms. The van der Waals surface area contributed by atoms with Crippen molar-refractivity contribution in [2.45, 2.75) is 155 Å². The molecule has 3 heteroatoms. The Morgan fingerprint density at radius 2 is 0.976 bits per heavy atom. The Bertz CT molecular complexity index is 962. The van der Waals surface area contributed by atoms with Gasteiger partial charge in [0.25, 0.3) is 0 Å². The minimum Gasteiger partial charge on any atom is -0.392 e. The lowest BCUT2D eigenvalue weighted by atomic mass is 9.70. The molecule has 0 aliphatic heterocycles. The third-order valence-corrected chi connectivity index (χ3v) is 9.91. The topological polar surface area (TPSA) is 40.5 Å². The fraction of sp³-hybridized carbons (Fsp3) is 0.684. The predicted molar refractivity (Wildman–Crippen MR) is 182 cm³/mol. The molecule has 0 fully saturated rings. The van der Waals surface area contributed by atoms with Gasteiger partial charge in [0, 0.05) is 5.41 Å². The van der Waals surface area contributed by atoms with Gasteiger partial charge in [0.1, 0.15) is 0 Å². The maximum Gasteiger partial charge on any atom is 0.0684 e. The van der Waals surface area contributed by atoms with E-state index in [0.717, 1.165) is 23.3 Å². The SMILES string of the molecule is CCCCCCCCCCCCSCCC(C)(c1ccc(CO)c(C(C)(C)C)c1)c1ccc(CO)c(C(C)(C)C)c1. The average molecular weight is 583 g/mol. The molecule has 2 rings (SSSR count). The van der Waals surface area contributed by atoms with Gasteiger partial charge in [-0.2, -0.15) is 11.8 Å². The molecule has 0 radical (unpaired) electrons. The van der Waals surface area contributed by atoms with E-state index < -0.39 is 0 Å². The summed E-state index contributed by atoms with van der Waals surface area (Å²) in [6.45, 7) is 18.2. The van der Waals surface area contributed by atoms with Crippen LogP contribution in [-0.4, -0.2) is 21.7 Å². The van der Waals surface area contributed by atoms with E-state index in [1.54, 1.807) is 0 Å². The molecule has 2 aromatic rings. The highest BCUT2D eigenvalue weighted by molar-refractivity contribution is 7.99. The number of benzene rings is 2. The van der Waals surface area contributed by atoms with Crippen LogP contribution in [0.1, 0.15) is 159 Å². The van der Waals surface area contributed by atoms with Crippen LogP contribution in [0.3, 0.4) is 0 Å². The number of thioether (sulfide) groups is 1. The average Bonchev–Trinajstić information content (AvgIpc) is 2.93. The Hall–Kier alpha value is -1.29. The molecule has 0 amide bonds. The van der Waals surface area contributed by atoms with Gasteiger partial charge in [-0.3, -0.25) is 0 Å². The molecule has 232 valence electrons. The van der Waals surface area contributed by atoms with Crippen molar-refractivity contribution in [1.29, 1.82) is 0 Å². The summed E-state index contributed by atoms with van der Waals surface area (Å²) in [4.78, 5) is 0. The first kappa shape index (κ1) is 35.9. The predicted octanol–water partition coefficient (Wildman–Crippen LogP) is 10.6. The van der Waals surface area contributed by atoms with Crippen LogP contribution in [0.5, 0.6) is 0 Å². The zero-order valence-electron chi connectivity index (χ0n) is 27.9. The number of aliphatic hydroxyl groups is 2. The van der Waals surface area contributed by atoms with Gasteiger partial charge in [-0.25, -0.2) is 0 Å². The summed E-state index contributed by atoms with van der Waals surface area (Å²) in [6, 6.07) is 13.5. The third kappa shape index (κ3) is 11.0. The largest absolute Gasteiger partial charge is 0.392 e. The van der Waals surface area contributed by atoms with Crippen molar-refractivity contribution in [1.82, 2.24) is 0 Å². The van der Waals surface area contributed by atoms with Gasteiger partial charge in [0.05, 0.1) is 13.2 Å². The van der Waals surface area contributed by atoms with Gasteiger partial charge < -0.3 is 10.2 Å². The molecule has 2 nitrogen and oxygen atoms in total. The fourth-order valence-electron chi connectivity index (χ4n) is 6.04. The first-order valence-electron chi connectivity index (χ1n) is 16.5. The maximum absolute atomic E-state index is 10.1. The van der Waals surface area contributed by atoms with E-state index in [4.69, 9.17) is 0 Å². The molecular formula is C38H62O2S. The van der Waals surface area contributed by atoms with Crippen molar-refractivity contribution in [3.63, 3.8) is 0 Å². The lowest BCUT2D eigenvalue weighted by Crippen LogP contribution is -2.27. The lowest BCUT2D eigenvalue weighted by molar-refractivity contribution is 0.278. The zero-order chi connectivity index (χ0) is 30.5. The first-order valence-corrected chi connectivity index (χ1v) is 17.6. The minimum atomic E-state index is -0.160. The smallest absolute Gasteiger partial charge is 0.0684 e. The van der Waals surface area contributed by atoms with E-state index in [2.05, 4.69) is 104 Å². The van der Waals surface area contributed by atoms with Crippen molar-refractivity contribution < 1.29 is 10.2 Å². The summed E-state index contributed by atoms with van der Waals surface area (Å²) >= 11 is 2.10. The Morgan fingerprint density at radius 1 is 0.561 bits per heavy atom. The van der Waals surface area contributed by atoms with E-state index in [1.807, 2.05) is 0 Å². The highest BCUT2D eigenvalue weighted by Crippen LogP contribution is 2.41. The van der Waals surface area contributed by atoms with E-state index in [-0.39, 0.29) is 29.5 Å². The van der Waals surface area contributed by atoms with E-state index >= 15 is 0 Å². The van der Waals surface area contributed by atoms with E-state index in [1.165, 1.54) is 92.2 Å². The van der Waals surface area contributed by atoms with Crippen molar-refractivity contribution in [3.05, 3.63) is 69.8 Å². The summed E-state index contributed by atoms with van der Waals surface area (Å²) < 4.78 is 0. The number of rotatable bonds is 18. The molecule has 0 heterocycles. The van der Waals surface area contributed by atoms with Crippen molar-refractivity contribution in [2.24, 2.45) is 0 Å². The van der Waals surface area contributed by atoms with Gasteiger partial charge in [-0.1, -0.05) is 150 Å². The van der Waals surface area contributed by atoms with Gasteiger partial charge in [-0.15, -0.1) is 0 Å². The normalized spacial score (nSPS) is 12.7. The van der Waals surface area contributed by atoms with Crippen LogP contribution in [-0.2, 0) is 29.5 Å². The molecule has 0 saturated heterocycles. The second-order valence-electron chi connectivity index (χ2n) is 14.4. The Balaban J connectivity index is 2.16. The van der Waals surface area contributed by atoms with Crippen LogP contribution in [0.15, 0.2) is 36.4 Å². The van der Waals surface area contributed by atoms with Crippen molar-refractivity contribution >= 4 is 11.8 Å². The number of hydrogen-bond acceptors (Lipinski definition) is 3. The van der Waals surface area contributed by atoms with Crippen LogP contribution in [0.2, 0.25) is 0 Å². The number of hydrogen-bond donors (Lipinski definition) is 2. The highest BCUT2D eigenvalue weighted by atomic mass is 32.2. The Labute approximate surface area is 258 Å². The molecule has 0 spiro atoms. The molecule has 0 aliphatic carbocycles. The summed E-state index contributed by atoms with van der Waals surface area (Å²) in [7, 11) is 0. The first-order chi connectivity index (χ1) is 19.4. The van der Waals surface area contributed by atoms with Gasteiger partial charge >= 0.3 is 0 Å². The fourth-order valence-corrected chi connectivity index (χ4v) is 7.20. The number of aliphatic hydroxyl groups excluding tert-OH is 2. The minimum absolute atomic E-state index is 0.0451. The summed E-state index contributed by atoms with van der Waals surface area (Å²) in [5, 5.41) is 20.2. The second kappa shape index (κ2) is 17.1. The van der Waals surface area contributed by atoms with Crippen LogP contribution in [0.25, 0.3) is 0 Å². The molecule has 0 aromatic heterocycles. The Morgan fingerprint density at radius 3 is 1.37 bits per heavy atom. The van der Waals surface area contributed by atoms with Crippen LogP contribution < -0.4 is 0 Å². The highest BCUT2D eigenvalue weighted by Gasteiger charge is 2.32. The quantitative estimate of drug-likeness (QED) is 0.172. The summed E-state index contributed by atoms with van der Waals surface area (Å²) in [6.07, 6.45) is 14.9. The Kier molecular flexibility index (Phi) is 15.0. The van der Waals surface area contributed by atoms with Crippen molar-refractivity contribution in [2.75, 3.05) is 11.5 Å². The lowest BCUT2D eigenvalue weighted by Gasteiger charge is -2.35. The number of unbranched alkanes of at least 4 members (excludes halogenated alkanes) is 9. The summed E-state index contributed by atoms with van der Waals surface area (Å²) in [5.74, 6) is 2.35. The molecule has 0 saturated carbocycles. The van der Waals surface area contributed by atoms with Gasteiger partial charge in [0.15, 0.2) is 0 Å². The second-order valence-corrected chi connectivity index (χ2v) is 15.7. The monoisotopic (exact) mass is 582 g/mol. The zero-order valence-corrected chi connectivity index (χ0v) is 28.7. The molecule has 2 aromatic carbocycles. The van der Waals surface area contributed by atoms with Gasteiger partial charge in [-0.05, 0) is 68.6 Å². The van der Waals surface area contributed by atoms with Crippen LogP contribution in [0, 0.1) is 0 Å². The maximum atomic E-state index is 10.1. The molecule has 2 N–H and O–H groups in total. The molecule has 0 aliphatic rings. The molecule has 0 atom stereocenters. The molecular weight excluding hydrogens is 520 g/mol. The molecule has 41 heavy (non-hydrogen) atoms. The van der Waals surface area contributed by atoms with Gasteiger partial charge in [0.2, 0.25) is 0 Å². The van der Waals surface area contributed by atoms with E-state index in [0.29, 0.717) is 0 Å². The van der Waals surface area contributed by atoms with Crippen molar-refractivity contribution in [3.8, 4) is 0 Å². The molecule has 0 unspecified atom stereocenters. The summed E-state index contributed by atoms with van der Waals surface area (Å²) in [5.41, 5.74) is 6.87. The third-order valence-electron chi connectivity index (χ3n) is 8.84. The van der Waals surface area contributed by atoms with Crippen LogP contribution in [0.4, 0.5) is 0 Å². The van der Waals surface area contributed by atoms with Crippen LogP contribution >= 0.6 is 11.8 Å².